The lowest BCUT2D eigenvalue weighted by Gasteiger charge is -2.42. The Bertz CT molecular complexity index is 480. The minimum atomic E-state index is -2.08. The van der Waals surface area contributed by atoms with Gasteiger partial charge in [-0.1, -0.05) is 53.1 Å². The molecule has 4 atom stereocenters. The average Bonchev–Trinajstić information content (AvgIpc) is 2.69. The molecule has 26 heavy (non-hydrogen) atoms. The van der Waals surface area contributed by atoms with Crippen LogP contribution in [-0.4, -0.2) is 59.2 Å². The molecule has 8 heteroatoms. The second kappa shape index (κ2) is 8.09. The Kier molecular flexibility index (Phi) is 7.63. The molecule has 1 aliphatic rings. The van der Waals surface area contributed by atoms with E-state index in [2.05, 4.69) is 67.7 Å². The Morgan fingerprint density at radius 3 is 1.88 bits per heavy atom. The number of nitrogens with zero attached hydrogens (tertiary/aromatic N) is 1. The van der Waals surface area contributed by atoms with Crippen molar-refractivity contribution in [3.8, 4) is 0 Å². The molecule has 1 aliphatic heterocycles. The van der Waals surface area contributed by atoms with Crippen LogP contribution in [0.2, 0.25) is 36.3 Å². The van der Waals surface area contributed by atoms with E-state index < -0.39 is 40.5 Å². The maximum atomic E-state index is 14.8. The number of halogens is 2. The van der Waals surface area contributed by atoms with E-state index in [1.165, 1.54) is 0 Å². The molecule has 0 amide bonds. The highest BCUT2D eigenvalue weighted by Gasteiger charge is 2.50. The van der Waals surface area contributed by atoms with Crippen molar-refractivity contribution in [3.05, 3.63) is 0 Å². The molecule has 0 aromatic rings. The molecule has 0 unspecified atom stereocenters. The molecule has 1 fully saturated rings. The van der Waals surface area contributed by atoms with Crippen LogP contribution in [-0.2, 0) is 13.7 Å². The Morgan fingerprint density at radius 2 is 1.46 bits per heavy atom. The third kappa shape index (κ3) is 5.52. The summed E-state index contributed by atoms with van der Waals surface area (Å²) in [5.41, 5.74) is -0.974. The normalized spacial score (nSPS) is 28.8. The summed E-state index contributed by atoms with van der Waals surface area (Å²) in [6, 6.07) is -0.573. The summed E-state index contributed by atoms with van der Waals surface area (Å²) in [4.78, 5) is 0. The van der Waals surface area contributed by atoms with Gasteiger partial charge in [-0.2, -0.15) is 5.06 Å². The van der Waals surface area contributed by atoms with Gasteiger partial charge in [-0.15, -0.1) is 0 Å². The molecule has 0 N–H and O–H groups in total. The lowest BCUT2D eigenvalue weighted by atomic mass is 10.1. The van der Waals surface area contributed by atoms with Crippen molar-refractivity contribution in [2.45, 2.75) is 102 Å². The van der Waals surface area contributed by atoms with Gasteiger partial charge in [0.1, 0.15) is 6.10 Å². The van der Waals surface area contributed by atoms with Gasteiger partial charge >= 0.3 is 0 Å². The lowest BCUT2D eigenvalue weighted by molar-refractivity contribution is -0.118. The predicted octanol–water partition coefficient (Wildman–Crippen LogP) is 5.55. The van der Waals surface area contributed by atoms with Crippen LogP contribution in [0.25, 0.3) is 0 Å². The van der Waals surface area contributed by atoms with Crippen molar-refractivity contribution in [2.24, 2.45) is 0 Å². The summed E-state index contributed by atoms with van der Waals surface area (Å²) in [5, 5.41) is 1.75. The zero-order chi connectivity index (χ0) is 20.7. The number of likely N-dealkylation sites (N-methyl/N-ethyl adjacent to an activating group) is 1. The molecule has 0 bridgehead atoms. The molecule has 0 saturated carbocycles. The lowest BCUT2D eigenvalue weighted by Crippen LogP contribution is -2.54. The first kappa shape index (κ1) is 24.5. The zero-order valence-electron chi connectivity index (χ0n) is 18.4. The molecule has 1 rings (SSSR count). The van der Waals surface area contributed by atoms with Crippen LogP contribution in [0.5, 0.6) is 0 Å². The molecule has 1 saturated heterocycles. The highest BCUT2D eigenvalue weighted by Crippen LogP contribution is 2.40. The van der Waals surface area contributed by atoms with Crippen molar-refractivity contribution in [1.82, 2.24) is 5.06 Å². The van der Waals surface area contributed by atoms with Gasteiger partial charge < -0.3 is 13.7 Å². The summed E-state index contributed by atoms with van der Waals surface area (Å²) >= 11 is 6.08. The first-order valence-electron chi connectivity index (χ1n) is 9.40. The molecular formula is C18H39ClFNO3Si2. The Labute approximate surface area is 166 Å². The Morgan fingerprint density at radius 1 is 1.00 bits per heavy atom. The van der Waals surface area contributed by atoms with Crippen LogP contribution in [0.15, 0.2) is 0 Å². The van der Waals surface area contributed by atoms with E-state index in [1.54, 1.807) is 12.1 Å². The van der Waals surface area contributed by atoms with Crippen LogP contribution in [0, 0.1) is 0 Å². The van der Waals surface area contributed by atoms with Crippen LogP contribution in [0.4, 0.5) is 4.39 Å². The molecule has 156 valence electrons. The minimum Gasteiger partial charge on any atom is -0.414 e. The second-order valence-corrected chi connectivity index (χ2v) is 20.4. The first-order chi connectivity index (χ1) is 11.4. The number of hydrogen-bond acceptors (Lipinski definition) is 4. The standard InChI is InChI=1S/C18H39ClFNO3Si2/c1-17(2,3)25(8,9)22-12-13-15(14(20)16(19)23-13)21(7)24-26(10,11)18(4,5)6/h13-16H,12H2,1-11H3/t13-,14+,15-,16+/m1/s1. The summed E-state index contributed by atoms with van der Waals surface area (Å²) in [7, 11) is -2.24. The molecule has 0 aromatic heterocycles. The van der Waals surface area contributed by atoms with E-state index in [9.17, 15) is 4.39 Å². The maximum absolute atomic E-state index is 14.8. The predicted molar refractivity (Wildman–Crippen MR) is 112 cm³/mol. The molecule has 1 heterocycles. The Balaban J connectivity index is 2.89. The van der Waals surface area contributed by atoms with Crippen molar-refractivity contribution in [2.75, 3.05) is 13.7 Å². The van der Waals surface area contributed by atoms with E-state index >= 15 is 0 Å². The molecule has 4 nitrogen and oxygen atoms in total. The van der Waals surface area contributed by atoms with Gasteiger partial charge in [-0.3, -0.25) is 0 Å². The van der Waals surface area contributed by atoms with Gasteiger partial charge in [0.2, 0.25) is 8.32 Å². The number of rotatable bonds is 6. The van der Waals surface area contributed by atoms with Crippen molar-refractivity contribution < 1.29 is 18.1 Å². The third-order valence-electron chi connectivity index (χ3n) is 6.28. The summed E-state index contributed by atoms with van der Waals surface area (Å²) in [5.74, 6) is 0. The summed E-state index contributed by atoms with van der Waals surface area (Å²) < 4.78 is 33.1. The largest absolute Gasteiger partial charge is 0.414 e. The van der Waals surface area contributed by atoms with Crippen LogP contribution in [0.3, 0.4) is 0 Å². The average molecular weight is 428 g/mol. The highest BCUT2D eigenvalue weighted by molar-refractivity contribution is 6.74. The molecule has 0 radical (unpaired) electrons. The fourth-order valence-electron chi connectivity index (χ4n) is 2.32. The zero-order valence-corrected chi connectivity index (χ0v) is 21.2. The van der Waals surface area contributed by atoms with Crippen molar-refractivity contribution in [3.63, 3.8) is 0 Å². The summed E-state index contributed by atoms with van der Waals surface area (Å²) in [6.45, 7) is 22.0. The van der Waals surface area contributed by atoms with Crippen LogP contribution in [0.1, 0.15) is 41.5 Å². The topological polar surface area (TPSA) is 30.9 Å². The number of ether oxygens (including phenoxy) is 1. The van der Waals surface area contributed by atoms with E-state index in [-0.39, 0.29) is 10.1 Å². The smallest absolute Gasteiger partial charge is 0.220 e. The minimum absolute atomic E-state index is 0.0278. The SMILES string of the molecule is CN(O[Si](C)(C)C(C)(C)C)[C@H]1[C@H](F)[C@@H](Cl)O[C@@H]1CO[Si](C)(C)C(C)(C)C. The molecule has 0 aromatic carbocycles. The van der Waals surface area contributed by atoms with Gasteiger partial charge in [-0.25, -0.2) is 4.39 Å². The van der Waals surface area contributed by atoms with Gasteiger partial charge in [0, 0.05) is 7.05 Å². The number of hydroxylamine groups is 2. The third-order valence-corrected chi connectivity index (χ3v) is 15.5. The Hall–Kier alpha value is 0.494. The first-order valence-corrected chi connectivity index (χ1v) is 15.7. The van der Waals surface area contributed by atoms with E-state index in [1.807, 2.05) is 0 Å². The van der Waals surface area contributed by atoms with Gasteiger partial charge in [0.25, 0.3) is 0 Å². The fraction of sp³-hybridized carbons (Fsp3) is 1.00. The van der Waals surface area contributed by atoms with Crippen LogP contribution >= 0.6 is 11.6 Å². The maximum Gasteiger partial charge on any atom is 0.220 e. The van der Waals surface area contributed by atoms with Crippen molar-refractivity contribution >= 4 is 28.2 Å². The van der Waals surface area contributed by atoms with Gasteiger partial charge in [0.05, 0.1) is 12.6 Å². The fourth-order valence-corrected chi connectivity index (χ4v) is 4.73. The summed E-state index contributed by atoms with van der Waals surface area (Å²) in [6.07, 6.45) is -1.77. The van der Waals surface area contributed by atoms with Gasteiger partial charge in [0.15, 0.2) is 20.1 Å². The second-order valence-electron chi connectivity index (χ2n) is 10.4. The van der Waals surface area contributed by atoms with E-state index in [4.69, 9.17) is 25.3 Å². The van der Waals surface area contributed by atoms with Crippen LogP contribution < -0.4 is 0 Å². The highest BCUT2D eigenvalue weighted by atomic mass is 35.5. The molecular weight excluding hydrogens is 389 g/mol. The monoisotopic (exact) mass is 427 g/mol. The quantitative estimate of drug-likeness (QED) is 0.316. The molecule has 0 spiro atoms. The number of alkyl halides is 2. The van der Waals surface area contributed by atoms with Crippen molar-refractivity contribution in [1.29, 1.82) is 0 Å². The van der Waals surface area contributed by atoms with Gasteiger partial charge in [-0.05, 0) is 36.3 Å². The molecule has 0 aliphatic carbocycles. The van der Waals surface area contributed by atoms with E-state index in [0.717, 1.165) is 0 Å². The van der Waals surface area contributed by atoms with E-state index in [0.29, 0.717) is 6.61 Å². The number of hydrogen-bond donors (Lipinski definition) is 0.